The van der Waals surface area contributed by atoms with Crippen LogP contribution in [0.2, 0.25) is 0 Å². The van der Waals surface area contributed by atoms with Gasteiger partial charge in [0.15, 0.2) is 5.78 Å². The largest absolute Gasteiger partial charge is 0.298 e. The highest BCUT2D eigenvalue weighted by Gasteiger charge is 2.37. The first-order chi connectivity index (χ1) is 11.6. The molecule has 1 saturated heterocycles. The number of rotatable bonds is 5. The zero-order valence-electron chi connectivity index (χ0n) is 13.9. The maximum atomic E-state index is 13.3. The van der Waals surface area contributed by atoms with Gasteiger partial charge in [0, 0.05) is 18.4 Å². The Morgan fingerprint density at radius 1 is 1.12 bits per heavy atom. The van der Waals surface area contributed by atoms with E-state index in [2.05, 4.69) is 0 Å². The average molecular weight is 345 g/mol. The van der Waals surface area contributed by atoms with E-state index >= 15 is 0 Å². The Balaban J connectivity index is 2.06. The molecule has 1 heterocycles. The third kappa shape index (κ3) is 3.10. The first-order valence-electron chi connectivity index (χ1n) is 8.58. The van der Waals surface area contributed by atoms with Gasteiger partial charge in [0.2, 0.25) is 10.0 Å². The second-order valence-corrected chi connectivity index (χ2v) is 8.18. The van der Waals surface area contributed by atoms with Crippen molar-refractivity contribution >= 4 is 26.6 Å². The van der Waals surface area contributed by atoms with Crippen molar-refractivity contribution in [3.63, 3.8) is 0 Å². The van der Waals surface area contributed by atoms with Crippen LogP contribution >= 0.6 is 0 Å². The van der Waals surface area contributed by atoms with Gasteiger partial charge in [-0.15, -0.1) is 0 Å². The lowest BCUT2D eigenvalue weighted by Gasteiger charge is -2.34. The Morgan fingerprint density at radius 3 is 2.67 bits per heavy atom. The predicted molar refractivity (Wildman–Crippen MR) is 95.4 cm³/mol. The maximum Gasteiger partial charge on any atom is 0.244 e. The van der Waals surface area contributed by atoms with Crippen LogP contribution in [0.3, 0.4) is 0 Å². The van der Waals surface area contributed by atoms with E-state index in [9.17, 15) is 13.2 Å². The van der Waals surface area contributed by atoms with Crippen LogP contribution in [0.25, 0.3) is 10.8 Å². The van der Waals surface area contributed by atoms with E-state index in [1.807, 2.05) is 37.3 Å². The van der Waals surface area contributed by atoms with Crippen LogP contribution in [0.1, 0.15) is 39.0 Å². The van der Waals surface area contributed by atoms with E-state index in [0.29, 0.717) is 29.7 Å². The number of nitrogens with zero attached hydrogens (tertiary/aromatic N) is 1. The summed E-state index contributed by atoms with van der Waals surface area (Å²) in [6, 6.07) is 12.3. The van der Waals surface area contributed by atoms with E-state index in [-0.39, 0.29) is 5.78 Å². The second-order valence-electron chi connectivity index (χ2n) is 6.32. The molecule has 0 bridgehead atoms. The van der Waals surface area contributed by atoms with Crippen molar-refractivity contribution in [2.75, 3.05) is 6.54 Å². The summed E-state index contributed by atoms with van der Waals surface area (Å²) < 4.78 is 28.0. The van der Waals surface area contributed by atoms with Gasteiger partial charge in [-0.2, -0.15) is 4.31 Å². The molecule has 0 N–H and O–H groups in total. The van der Waals surface area contributed by atoms with Crippen molar-refractivity contribution < 1.29 is 13.2 Å². The van der Waals surface area contributed by atoms with Crippen molar-refractivity contribution in [2.24, 2.45) is 0 Å². The third-order valence-corrected chi connectivity index (χ3v) is 6.62. The number of piperidine rings is 1. The normalized spacial score (nSPS) is 19.5. The molecule has 0 spiro atoms. The number of hydrogen-bond donors (Lipinski definition) is 0. The van der Waals surface area contributed by atoms with Crippen LogP contribution in [0.5, 0.6) is 0 Å². The summed E-state index contributed by atoms with van der Waals surface area (Å²) in [5.74, 6) is 0.0426. The molecular weight excluding hydrogens is 322 g/mol. The van der Waals surface area contributed by atoms with Crippen molar-refractivity contribution in [3.8, 4) is 0 Å². The zero-order valence-corrected chi connectivity index (χ0v) is 14.8. The molecule has 4 nitrogen and oxygen atoms in total. The minimum absolute atomic E-state index is 0.0426. The van der Waals surface area contributed by atoms with E-state index in [1.54, 1.807) is 12.1 Å². The maximum absolute atomic E-state index is 13.3. The van der Waals surface area contributed by atoms with Crippen LogP contribution < -0.4 is 0 Å². The molecule has 3 rings (SSSR count). The molecule has 128 valence electrons. The van der Waals surface area contributed by atoms with Crippen LogP contribution in [-0.2, 0) is 14.8 Å². The SMILES string of the molecule is CCCC(=O)C1CCCCN1S(=O)(=O)c1cccc2ccccc12. The first kappa shape index (κ1) is 17.1. The van der Waals surface area contributed by atoms with Gasteiger partial charge in [-0.25, -0.2) is 8.42 Å². The Morgan fingerprint density at radius 2 is 1.88 bits per heavy atom. The van der Waals surface area contributed by atoms with Gasteiger partial charge in [0.1, 0.15) is 0 Å². The molecule has 5 heteroatoms. The minimum atomic E-state index is -3.69. The lowest BCUT2D eigenvalue weighted by Crippen LogP contribution is -2.47. The van der Waals surface area contributed by atoms with E-state index < -0.39 is 16.1 Å². The van der Waals surface area contributed by atoms with Gasteiger partial charge >= 0.3 is 0 Å². The van der Waals surface area contributed by atoms with Crippen molar-refractivity contribution in [2.45, 2.75) is 50.0 Å². The summed E-state index contributed by atoms with van der Waals surface area (Å²) in [6.07, 6.45) is 3.52. The van der Waals surface area contributed by atoms with Crippen molar-refractivity contribution in [1.29, 1.82) is 0 Å². The Bertz CT molecular complexity index is 839. The monoisotopic (exact) mass is 345 g/mol. The first-order valence-corrected chi connectivity index (χ1v) is 10.0. The molecule has 0 radical (unpaired) electrons. The van der Waals surface area contributed by atoms with Gasteiger partial charge in [-0.05, 0) is 30.7 Å². The highest BCUT2D eigenvalue weighted by molar-refractivity contribution is 7.89. The molecule has 0 aliphatic carbocycles. The molecule has 2 aromatic rings. The number of benzene rings is 2. The van der Waals surface area contributed by atoms with Crippen LogP contribution in [0, 0.1) is 0 Å². The standard InChI is InChI=1S/C19H23NO3S/c1-2-8-18(21)17-12-5-6-14-20(17)24(22,23)19-13-7-10-15-9-3-4-11-16(15)19/h3-4,7,9-11,13,17H,2,5-6,8,12,14H2,1H3. The number of Topliss-reactive ketones (excluding diaryl/α,β-unsaturated/α-hetero) is 1. The summed E-state index contributed by atoms with van der Waals surface area (Å²) in [5.41, 5.74) is 0. The highest BCUT2D eigenvalue weighted by Crippen LogP contribution is 2.30. The zero-order chi connectivity index (χ0) is 17.2. The molecule has 0 amide bonds. The summed E-state index contributed by atoms with van der Waals surface area (Å²) >= 11 is 0. The fraction of sp³-hybridized carbons (Fsp3) is 0.421. The molecule has 1 unspecified atom stereocenters. The Kier molecular flexibility index (Phi) is 5.01. The third-order valence-electron chi connectivity index (χ3n) is 4.66. The van der Waals surface area contributed by atoms with E-state index in [0.717, 1.165) is 24.6 Å². The summed E-state index contributed by atoms with van der Waals surface area (Å²) in [4.78, 5) is 12.7. The molecule has 1 atom stereocenters. The van der Waals surface area contributed by atoms with Crippen LogP contribution in [0.15, 0.2) is 47.4 Å². The smallest absolute Gasteiger partial charge is 0.244 e. The van der Waals surface area contributed by atoms with Gasteiger partial charge in [-0.1, -0.05) is 49.7 Å². The average Bonchev–Trinajstić information content (AvgIpc) is 2.61. The molecule has 1 aliphatic rings. The van der Waals surface area contributed by atoms with Gasteiger partial charge < -0.3 is 0 Å². The van der Waals surface area contributed by atoms with Crippen molar-refractivity contribution in [1.82, 2.24) is 4.31 Å². The van der Waals surface area contributed by atoms with Crippen molar-refractivity contribution in [3.05, 3.63) is 42.5 Å². The number of fused-ring (bicyclic) bond motifs is 1. The minimum Gasteiger partial charge on any atom is -0.298 e. The van der Waals surface area contributed by atoms with Gasteiger partial charge in [0.25, 0.3) is 0 Å². The number of carbonyl (C=O) groups excluding carboxylic acids is 1. The van der Waals surface area contributed by atoms with Gasteiger partial charge in [-0.3, -0.25) is 4.79 Å². The van der Waals surface area contributed by atoms with Crippen LogP contribution in [-0.4, -0.2) is 31.1 Å². The number of sulfonamides is 1. The quantitative estimate of drug-likeness (QED) is 0.829. The number of hydrogen-bond acceptors (Lipinski definition) is 3. The lowest BCUT2D eigenvalue weighted by atomic mass is 9.99. The topological polar surface area (TPSA) is 54.5 Å². The molecule has 2 aromatic carbocycles. The van der Waals surface area contributed by atoms with Gasteiger partial charge in [0.05, 0.1) is 10.9 Å². The molecule has 0 aromatic heterocycles. The lowest BCUT2D eigenvalue weighted by molar-refractivity contribution is -0.123. The van der Waals surface area contributed by atoms with E-state index in [4.69, 9.17) is 0 Å². The second kappa shape index (κ2) is 7.03. The Hall–Kier alpha value is -1.72. The molecule has 1 fully saturated rings. The number of ketones is 1. The number of carbonyl (C=O) groups is 1. The highest BCUT2D eigenvalue weighted by atomic mass is 32.2. The summed E-state index contributed by atoms with van der Waals surface area (Å²) in [7, 11) is -3.69. The molecular formula is C19H23NO3S. The summed E-state index contributed by atoms with van der Waals surface area (Å²) in [5, 5.41) is 1.61. The Labute approximate surface area is 143 Å². The summed E-state index contributed by atoms with van der Waals surface area (Å²) in [6.45, 7) is 2.37. The van der Waals surface area contributed by atoms with Crippen LogP contribution in [0.4, 0.5) is 0 Å². The van der Waals surface area contributed by atoms with E-state index in [1.165, 1.54) is 4.31 Å². The molecule has 0 saturated carbocycles. The predicted octanol–water partition coefficient (Wildman–Crippen LogP) is 3.75. The fourth-order valence-electron chi connectivity index (χ4n) is 3.47. The fourth-order valence-corrected chi connectivity index (χ4v) is 5.37. The molecule has 1 aliphatic heterocycles. The molecule has 24 heavy (non-hydrogen) atoms.